The summed E-state index contributed by atoms with van der Waals surface area (Å²) in [5, 5.41) is 4.31. The van der Waals surface area contributed by atoms with Crippen LogP contribution in [0.2, 0.25) is 0 Å². The first-order valence-corrected chi connectivity index (χ1v) is 5.43. The van der Waals surface area contributed by atoms with E-state index in [0.29, 0.717) is 5.92 Å². The molecule has 0 fully saturated rings. The summed E-state index contributed by atoms with van der Waals surface area (Å²) in [7, 11) is 4.00. The van der Waals surface area contributed by atoms with E-state index in [9.17, 15) is 0 Å². The van der Waals surface area contributed by atoms with Crippen molar-refractivity contribution in [2.24, 2.45) is 13.0 Å². The molecule has 1 aromatic rings. The molecule has 0 atom stereocenters. The third-order valence-corrected chi connectivity index (χ3v) is 2.64. The fourth-order valence-electron chi connectivity index (χ4n) is 1.67. The summed E-state index contributed by atoms with van der Waals surface area (Å²) in [5.41, 5.74) is 7.69. The fraction of sp³-hybridized carbons (Fsp3) is 0.727. The van der Waals surface area contributed by atoms with Crippen LogP contribution in [0.25, 0.3) is 0 Å². The number of hydrogen-bond donors (Lipinski definition) is 1. The van der Waals surface area contributed by atoms with Gasteiger partial charge in [0, 0.05) is 20.6 Å². The van der Waals surface area contributed by atoms with Crippen LogP contribution in [0.5, 0.6) is 0 Å². The summed E-state index contributed by atoms with van der Waals surface area (Å²) < 4.78 is 1.85. The summed E-state index contributed by atoms with van der Waals surface area (Å²) in [5.74, 6) is 1.73. The molecule has 1 rings (SSSR count). The molecule has 0 spiro atoms. The van der Waals surface area contributed by atoms with Crippen molar-refractivity contribution in [2.75, 3.05) is 24.2 Å². The van der Waals surface area contributed by atoms with E-state index in [1.165, 1.54) is 6.42 Å². The van der Waals surface area contributed by atoms with E-state index in [4.69, 9.17) is 5.73 Å². The number of hydrogen-bond acceptors (Lipinski definition) is 3. The Kier molecular flexibility index (Phi) is 3.61. The summed E-state index contributed by atoms with van der Waals surface area (Å²) in [6.07, 6.45) is 1.17. The Morgan fingerprint density at radius 3 is 2.47 bits per heavy atom. The third kappa shape index (κ3) is 2.64. The van der Waals surface area contributed by atoms with E-state index in [0.717, 1.165) is 23.7 Å². The van der Waals surface area contributed by atoms with Crippen molar-refractivity contribution in [3.8, 4) is 0 Å². The van der Waals surface area contributed by atoms with Gasteiger partial charge in [-0.2, -0.15) is 5.10 Å². The van der Waals surface area contributed by atoms with Gasteiger partial charge in [-0.05, 0) is 19.3 Å². The van der Waals surface area contributed by atoms with Gasteiger partial charge in [-0.1, -0.05) is 13.8 Å². The van der Waals surface area contributed by atoms with E-state index in [1.54, 1.807) is 0 Å². The molecular formula is C11H22N4. The first-order valence-electron chi connectivity index (χ1n) is 5.43. The Labute approximate surface area is 92.1 Å². The predicted octanol–water partition coefficient (Wildman–Crippen LogP) is 1.79. The molecule has 0 aromatic carbocycles. The minimum Gasteiger partial charge on any atom is -0.394 e. The summed E-state index contributed by atoms with van der Waals surface area (Å²) in [4.78, 5) is 2.18. The normalized spacial score (nSPS) is 11.1. The minimum absolute atomic E-state index is 0.711. The highest BCUT2D eigenvalue weighted by Crippen LogP contribution is 2.24. The molecule has 0 saturated heterocycles. The van der Waals surface area contributed by atoms with Crippen LogP contribution >= 0.6 is 0 Å². The highest BCUT2D eigenvalue weighted by molar-refractivity contribution is 5.65. The van der Waals surface area contributed by atoms with Gasteiger partial charge < -0.3 is 10.6 Å². The molecule has 4 nitrogen and oxygen atoms in total. The van der Waals surface area contributed by atoms with E-state index in [1.807, 2.05) is 18.7 Å². The molecule has 0 radical (unpaired) electrons. The predicted molar refractivity (Wildman–Crippen MR) is 65.1 cm³/mol. The standard InChI is InChI=1S/C11H22N4/c1-8(2)6-7-14(4)11-10(12)9(3)13-15(11)5/h8H,6-7,12H2,1-5H3. The van der Waals surface area contributed by atoms with E-state index in [2.05, 4.69) is 30.9 Å². The molecule has 1 heterocycles. The van der Waals surface area contributed by atoms with E-state index in [-0.39, 0.29) is 0 Å². The first-order chi connectivity index (χ1) is 6.93. The van der Waals surface area contributed by atoms with Gasteiger partial charge >= 0.3 is 0 Å². The second-order valence-electron chi connectivity index (χ2n) is 4.55. The number of aromatic nitrogens is 2. The number of aryl methyl sites for hydroxylation is 2. The molecule has 0 unspecified atom stereocenters. The second-order valence-corrected chi connectivity index (χ2v) is 4.55. The van der Waals surface area contributed by atoms with Crippen molar-refractivity contribution < 1.29 is 0 Å². The van der Waals surface area contributed by atoms with Crippen molar-refractivity contribution >= 4 is 11.5 Å². The van der Waals surface area contributed by atoms with Gasteiger partial charge in [0.1, 0.15) is 5.82 Å². The van der Waals surface area contributed by atoms with Crippen LogP contribution in [-0.2, 0) is 7.05 Å². The molecule has 0 bridgehead atoms. The molecule has 4 heteroatoms. The van der Waals surface area contributed by atoms with Gasteiger partial charge in [0.15, 0.2) is 0 Å². The second kappa shape index (κ2) is 4.55. The van der Waals surface area contributed by atoms with Gasteiger partial charge in [-0.3, -0.25) is 4.68 Å². The van der Waals surface area contributed by atoms with Crippen LogP contribution in [0.15, 0.2) is 0 Å². The zero-order valence-corrected chi connectivity index (χ0v) is 10.4. The average Bonchev–Trinajstić information content (AvgIpc) is 2.37. The highest BCUT2D eigenvalue weighted by Gasteiger charge is 2.13. The maximum atomic E-state index is 5.99. The number of nitrogens with zero attached hydrogens (tertiary/aromatic N) is 3. The van der Waals surface area contributed by atoms with Crippen molar-refractivity contribution in [1.29, 1.82) is 0 Å². The van der Waals surface area contributed by atoms with Crippen molar-refractivity contribution in [1.82, 2.24) is 9.78 Å². The molecule has 15 heavy (non-hydrogen) atoms. The molecule has 0 amide bonds. The third-order valence-electron chi connectivity index (χ3n) is 2.64. The molecule has 0 aliphatic carbocycles. The first kappa shape index (κ1) is 11.9. The summed E-state index contributed by atoms with van der Waals surface area (Å²) >= 11 is 0. The van der Waals surface area contributed by atoms with Gasteiger partial charge in [-0.15, -0.1) is 0 Å². The Morgan fingerprint density at radius 1 is 1.47 bits per heavy atom. The molecular weight excluding hydrogens is 188 g/mol. The van der Waals surface area contributed by atoms with Crippen LogP contribution in [0.3, 0.4) is 0 Å². The van der Waals surface area contributed by atoms with E-state index < -0.39 is 0 Å². The number of anilines is 2. The lowest BCUT2D eigenvalue weighted by molar-refractivity contribution is 0.578. The van der Waals surface area contributed by atoms with Crippen LogP contribution in [0.4, 0.5) is 11.5 Å². The van der Waals surface area contributed by atoms with E-state index >= 15 is 0 Å². The summed E-state index contributed by atoms with van der Waals surface area (Å²) in [6, 6.07) is 0. The van der Waals surface area contributed by atoms with Gasteiger partial charge in [0.05, 0.1) is 11.4 Å². The minimum atomic E-state index is 0.711. The van der Waals surface area contributed by atoms with Crippen LogP contribution in [0.1, 0.15) is 26.0 Å². The quantitative estimate of drug-likeness (QED) is 0.824. The largest absolute Gasteiger partial charge is 0.394 e. The van der Waals surface area contributed by atoms with Gasteiger partial charge in [-0.25, -0.2) is 0 Å². The number of nitrogen functional groups attached to an aromatic ring is 1. The SMILES string of the molecule is Cc1nn(C)c(N(C)CCC(C)C)c1N. The lowest BCUT2D eigenvalue weighted by Crippen LogP contribution is -2.23. The van der Waals surface area contributed by atoms with Gasteiger partial charge in [0.25, 0.3) is 0 Å². The van der Waals surface area contributed by atoms with Crippen molar-refractivity contribution in [3.05, 3.63) is 5.69 Å². The fourth-order valence-corrected chi connectivity index (χ4v) is 1.67. The zero-order valence-electron chi connectivity index (χ0n) is 10.4. The maximum Gasteiger partial charge on any atom is 0.150 e. The van der Waals surface area contributed by atoms with Crippen molar-refractivity contribution in [3.63, 3.8) is 0 Å². The monoisotopic (exact) mass is 210 g/mol. The Balaban J connectivity index is 2.77. The molecule has 86 valence electrons. The Bertz CT molecular complexity index is 328. The zero-order chi connectivity index (χ0) is 11.6. The lowest BCUT2D eigenvalue weighted by atomic mass is 10.1. The molecule has 0 aliphatic rings. The average molecular weight is 210 g/mol. The van der Waals surface area contributed by atoms with Crippen LogP contribution < -0.4 is 10.6 Å². The maximum absolute atomic E-state index is 5.99. The molecule has 2 N–H and O–H groups in total. The Hall–Kier alpha value is -1.19. The number of nitrogens with two attached hydrogens (primary N) is 1. The lowest BCUT2D eigenvalue weighted by Gasteiger charge is -2.20. The van der Waals surface area contributed by atoms with Crippen LogP contribution in [0, 0.1) is 12.8 Å². The highest BCUT2D eigenvalue weighted by atomic mass is 15.4. The smallest absolute Gasteiger partial charge is 0.150 e. The van der Waals surface area contributed by atoms with Crippen molar-refractivity contribution in [2.45, 2.75) is 27.2 Å². The van der Waals surface area contributed by atoms with Gasteiger partial charge in [0.2, 0.25) is 0 Å². The topological polar surface area (TPSA) is 47.1 Å². The molecule has 1 aromatic heterocycles. The van der Waals surface area contributed by atoms with Crippen LogP contribution in [-0.4, -0.2) is 23.4 Å². The molecule has 0 saturated carbocycles. The summed E-state index contributed by atoms with van der Waals surface area (Å²) in [6.45, 7) is 7.41. The Morgan fingerprint density at radius 2 is 2.07 bits per heavy atom. The number of rotatable bonds is 4. The molecule has 0 aliphatic heterocycles.